The van der Waals surface area contributed by atoms with Crippen LogP contribution in [0.4, 0.5) is 8.78 Å². The van der Waals surface area contributed by atoms with Gasteiger partial charge in [-0.3, -0.25) is 0 Å². The molecule has 6 heteroatoms. The summed E-state index contributed by atoms with van der Waals surface area (Å²) in [5, 5.41) is 3.15. The Morgan fingerprint density at radius 3 is 2.45 bits per heavy atom. The molecule has 0 aromatic heterocycles. The molecule has 1 atom stereocenters. The summed E-state index contributed by atoms with van der Waals surface area (Å²) in [7, 11) is -3.76. The predicted octanol–water partition coefficient (Wildman–Crippen LogP) is 2.91. The lowest BCUT2D eigenvalue weighted by atomic mass is 10.2. The molecule has 0 saturated carbocycles. The molecule has 0 heterocycles. The fourth-order valence-corrected chi connectivity index (χ4v) is 3.65. The van der Waals surface area contributed by atoms with Crippen molar-refractivity contribution in [3.05, 3.63) is 29.8 Å². The zero-order valence-electron chi connectivity index (χ0n) is 11.8. The second-order valence-electron chi connectivity index (χ2n) is 4.80. The summed E-state index contributed by atoms with van der Waals surface area (Å²) in [4.78, 5) is -0.432. The van der Waals surface area contributed by atoms with Crippen molar-refractivity contribution in [2.24, 2.45) is 0 Å². The molecule has 1 N–H and O–H groups in total. The Bertz CT molecular complexity index is 532. The van der Waals surface area contributed by atoms with E-state index in [1.165, 1.54) is 0 Å². The third kappa shape index (κ3) is 4.83. The third-order valence-corrected chi connectivity index (χ3v) is 4.81. The lowest BCUT2D eigenvalue weighted by Gasteiger charge is -2.18. The van der Waals surface area contributed by atoms with Gasteiger partial charge in [-0.25, -0.2) is 17.2 Å². The van der Waals surface area contributed by atoms with Crippen LogP contribution in [0.25, 0.3) is 0 Å². The zero-order chi connectivity index (χ0) is 15.2. The first-order valence-corrected chi connectivity index (χ1v) is 8.47. The van der Waals surface area contributed by atoms with Gasteiger partial charge in [0.25, 0.3) is 0 Å². The molecule has 0 saturated heterocycles. The molecule has 0 aliphatic carbocycles. The van der Waals surface area contributed by atoms with Gasteiger partial charge in [-0.1, -0.05) is 20.3 Å². The first-order valence-electron chi connectivity index (χ1n) is 6.82. The van der Waals surface area contributed by atoms with E-state index in [1.807, 2.05) is 13.8 Å². The van der Waals surface area contributed by atoms with Crippen molar-refractivity contribution in [3.8, 4) is 0 Å². The maximum absolute atomic E-state index is 13.6. The van der Waals surface area contributed by atoms with Crippen LogP contribution in [0.2, 0.25) is 0 Å². The van der Waals surface area contributed by atoms with Crippen LogP contribution in [-0.2, 0) is 9.84 Å². The van der Waals surface area contributed by atoms with Gasteiger partial charge in [0, 0.05) is 12.1 Å². The van der Waals surface area contributed by atoms with Crippen LogP contribution in [0.1, 0.15) is 33.1 Å². The van der Waals surface area contributed by atoms with E-state index < -0.39 is 26.4 Å². The lowest BCUT2D eigenvalue weighted by molar-refractivity contribution is 0.496. The molecule has 114 valence electrons. The number of hydrogen-bond acceptors (Lipinski definition) is 3. The highest BCUT2D eigenvalue weighted by Gasteiger charge is 2.23. The molecule has 3 nitrogen and oxygen atoms in total. The minimum atomic E-state index is -3.76. The van der Waals surface area contributed by atoms with E-state index in [4.69, 9.17) is 0 Å². The molecule has 1 rings (SSSR count). The largest absolute Gasteiger partial charge is 0.313 e. The SMILES string of the molecule is CCCNC(CCC)CS(=O)(=O)c1ccc(F)cc1F. The summed E-state index contributed by atoms with van der Waals surface area (Å²) < 4.78 is 50.9. The predicted molar refractivity (Wildman–Crippen MR) is 75.4 cm³/mol. The second kappa shape index (κ2) is 7.69. The van der Waals surface area contributed by atoms with Crippen molar-refractivity contribution in [2.75, 3.05) is 12.3 Å². The zero-order valence-corrected chi connectivity index (χ0v) is 12.6. The highest BCUT2D eigenvalue weighted by Crippen LogP contribution is 2.18. The van der Waals surface area contributed by atoms with Crippen molar-refractivity contribution >= 4 is 9.84 Å². The van der Waals surface area contributed by atoms with Crippen LogP contribution in [-0.4, -0.2) is 26.8 Å². The highest BCUT2D eigenvalue weighted by molar-refractivity contribution is 7.91. The fraction of sp³-hybridized carbons (Fsp3) is 0.571. The van der Waals surface area contributed by atoms with Crippen molar-refractivity contribution in [1.82, 2.24) is 5.32 Å². The average Bonchev–Trinajstić information content (AvgIpc) is 2.35. The van der Waals surface area contributed by atoms with Gasteiger partial charge in [0.1, 0.15) is 16.5 Å². The van der Waals surface area contributed by atoms with Gasteiger partial charge in [0.2, 0.25) is 0 Å². The highest BCUT2D eigenvalue weighted by atomic mass is 32.2. The maximum atomic E-state index is 13.6. The quantitative estimate of drug-likeness (QED) is 0.751. The van der Waals surface area contributed by atoms with E-state index in [0.29, 0.717) is 19.0 Å². The van der Waals surface area contributed by atoms with Crippen LogP contribution in [0.15, 0.2) is 23.1 Å². The van der Waals surface area contributed by atoms with E-state index in [9.17, 15) is 17.2 Å². The van der Waals surface area contributed by atoms with Crippen molar-refractivity contribution in [2.45, 2.75) is 44.0 Å². The Hall–Kier alpha value is -1.01. The summed E-state index contributed by atoms with van der Waals surface area (Å²) in [6, 6.07) is 2.34. The van der Waals surface area contributed by atoms with E-state index in [2.05, 4.69) is 5.32 Å². The number of benzene rings is 1. The fourth-order valence-electron chi connectivity index (χ4n) is 2.02. The second-order valence-corrected chi connectivity index (χ2v) is 6.80. The van der Waals surface area contributed by atoms with Gasteiger partial charge in [-0.15, -0.1) is 0 Å². The molecule has 1 aromatic rings. The number of rotatable bonds is 8. The van der Waals surface area contributed by atoms with Crippen LogP contribution in [0, 0.1) is 11.6 Å². The molecule has 0 aliphatic rings. The van der Waals surface area contributed by atoms with Gasteiger partial charge >= 0.3 is 0 Å². The topological polar surface area (TPSA) is 46.2 Å². The summed E-state index contributed by atoms with van der Waals surface area (Å²) >= 11 is 0. The minimum Gasteiger partial charge on any atom is -0.313 e. The molecule has 1 unspecified atom stereocenters. The van der Waals surface area contributed by atoms with E-state index in [0.717, 1.165) is 25.0 Å². The molecule has 0 bridgehead atoms. The lowest BCUT2D eigenvalue weighted by Crippen LogP contribution is -2.36. The van der Waals surface area contributed by atoms with Crippen LogP contribution < -0.4 is 5.32 Å². The van der Waals surface area contributed by atoms with Crippen molar-refractivity contribution in [1.29, 1.82) is 0 Å². The number of sulfone groups is 1. The van der Waals surface area contributed by atoms with Gasteiger partial charge in [-0.05, 0) is 31.5 Å². The Morgan fingerprint density at radius 2 is 1.90 bits per heavy atom. The number of halogens is 2. The normalized spacial score (nSPS) is 13.4. The van der Waals surface area contributed by atoms with Gasteiger partial charge in [0.15, 0.2) is 9.84 Å². The number of nitrogens with one attached hydrogen (secondary N) is 1. The minimum absolute atomic E-state index is 0.177. The molecular formula is C14H21F2NO2S. The standard InChI is InChI=1S/C14H21F2NO2S/c1-3-5-12(17-8-4-2)10-20(18,19)14-7-6-11(15)9-13(14)16/h6-7,9,12,17H,3-5,8,10H2,1-2H3. The Labute approximate surface area is 119 Å². The molecule has 1 aromatic carbocycles. The summed E-state index contributed by atoms with van der Waals surface area (Å²) in [5.41, 5.74) is 0. The van der Waals surface area contributed by atoms with E-state index in [1.54, 1.807) is 0 Å². The van der Waals surface area contributed by atoms with Crippen LogP contribution >= 0.6 is 0 Å². The Kier molecular flexibility index (Phi) is 6.55. The Morgan fingerprint density at radius 1 is 1.20 bits per heavy atom. The molecule has 0 fully saturated rings. The van der Waals surface area contributed by atoms with Gasteiger partial charge in [-0.2, -0.15) is 0 Å². The van der Waals surface area contributed by atoms with Crippen molar-refractivity contribution in [3.63, 3.8) is 0 Å². The molecule has 20 heavy (non-hydrogen) atoms. The molecular weight excluding hydrogens is 284 g/mol. The summed E-state index contributed by atoms with van der Waals surface area (Å²) in [6.07, 6.45) is 2.43. The molecule has 0 amide bonds. The van der Waals surface area contributed by atoms with Crippen LogP contribution in [0.5, 0.6) is 0 Å². The van der Waals surface area contributed by atoms with Crippen LogP contribution in [0.3, 0.4) is 0 Å². The van der Waals surface area contributed by atoms with Crippen molar-refractivity contribution < 1.29 is 17.2 Å². The maximum Gasteiger partial charge on any atom is 0.182 e. The number of hydrogen-bond donors (Lipinski definition) is 1. The summed E-state index contributed by atoms with van der Waals surface area (Å²) in [6.45, 7) is 4.67. The third-order valence-electron chi connectivity index (χ3n) is 2.97. The van der Waals surface area contributed by atoms with Gasteiger partial charge < -0.3 is 5.32 Å². The van der Waals surface area contributed by atoms with E-state index in [-0.39, 0.29) is 11.8 Å². The first-order chi connectivity index (χ1) is 9.40. The smallest absolute Gasteiger partial charge is 0.182 e. The molecule has 0 spiro atoms. The first kappa shape index (κ1) is 17.0. The Balaban J connectivity index is 2.91. The molecule has 0 aliphatic heterocycles. The summed E-state index contributed by atoms with van der Waals surface area (Å²) in [5.74, 6) is -1.99. The van der Waals surface area contributed by atoms with Gasteiger partial charge in [0.05, 0.1) is 5.75 Å². The average molecular weight is 305 g/mol. The molecule has 0 radical (unpaired) electrons. The monoisotopic (exact) mass is 305 g/mol. The van der Waals surface area contributed by atoms with E-state index >= 15 is 0 Å².